The van der Waals surface area contributed by atoms with Crippen molar-refractivity contribution in [3.63, 3.8) is 0 Å². The van der Waals surface area contributed by atoms with Crippen molar-refractivity contribution in [2.24, 2.45) is 0 Å². The third kappa shape index (κ3) is 3.37. The molecule has 0 unspecified atom stereocenters. The van der Waals surface area contributed by atoms with Crippen LogP contribution in [0.2, 0.25) is 5.02 Å². The van der Waals surface area contributed by atoms with Gasteiger partial charge in [0, 0.05) is 17.7 Å². The molecule has 0 aromatic heterocycles. The average Bonchev–Trinajstić information content (AvgIpc) is 2.14. The Morgan fingerprint density at radius 2 is 1.94 bits per heavy atom. The van der Waals surface area contributed by atoms with Crippen LogP contribution in [0.15, 0.2) is 16.6 Å². The van der Waals surface area contributed by atoms with Crippen molar-refractivity contribution in [3.8, 4) is 5.75 Å². The van der Waals surface area contributed by atoms with Crippen LogP contribution in [0.4, 0.5) is 0 Å². The lowest BCUT2D eigenvalue weighted by atomic mass is 9.86. The number of halogens is 2. The van der Waals surface area contributed by atoms with E-state index in [0.717, 1.165) is 15.8 Å². The third-order valence-electron chi connectivity index (χ3n) is 2.14. The second-order valence-electron chi connectivity index (χ2n) is 4.57. The van der Waals surface area contributed by atoms with E-state index in [1.807, 2.05) is 12.1 Å². The van der Waals surface area contributed by atoms with Gasteiger partial charge in [0.2, 0.25) is 0 Å². The lowest BCUT2D eigenvalue weighted by Gasteiger charge is -2.23. The molecule has 1 aromatic rings. The van der Waals surface area contributed by atoms with Crippen LogP contribution in [0.5, 0.6) is 5.75 Å². The zero-order valence-electron chi connectivity index (χ0n) is 9.93. The summed E-state index contributed by atoms with van der Waals surface area (Å²) in [6.07, 6.45) is 0. The summed E-state index contributed by atoms with van der Waals surface area (Å²) in [4.78, 5) is 0. The van der Waals surface area contributed by atoms with Crippen molar-refractivity contribution in [2.45, 2.75) is 26.2 Å². The highest BCUT2D eigenvalue weighted by Gasteiger charge is 2.21. The minimum absolute atomic E-state index is 0.0313. The van der Waals surface area contributed by atoms with Crippen LogP contribution in [-0.2, 0) is 10.2 Å². The fraction of sp³-hybridized carbons (Fsp3) is 0.500. The molecular weight excluding hydrogens is 291 g/mol. The number of ether oxygens (including phenoxy) is 2. The van der Waals surface area contributed by atoms with Crippen LogP contribution in [-0.4, -0.2) is 13.9 Å². The SMILES string of the molecule is COCOc1c(Br)cc(Cl)cc1C(C)(C)C. The second-order valence-corrected chi connectivity index (χ2v) is 5.86. The molecule has 0 aliphatic rings. The zero-order chi connectivity index (χ0) is 12.3. The lowest BCUT2D eigenvalue weighted by molar-refractivity contribution is 0.0492. The maximum Gasteiger partial charge on any atom is 0.188 e. The van der Waals surface area contributed by atoms with Gasteiger partial charge in [0.25, 0.3) is 0 Å². The Bertz CT molecular complexity index is 372. The predicted octanol–water partition coefficient (Wildman–Crippen LogP) is 4.38. The van der Waals surface area contributed by atoms with Gasteiger partial charge in [-0.2, -0.15) is 0 Å². The smallest absolute Gasteiger partial charge is 0.188 e. The van der Waals surface area contributed by atoms with Crippen molar-refractivity contribution in [1.82, 2.24) is 0 Å². The van der Waals surface area contributed by atoms with E-state index in [9.17, 15) is 0 Å². The third-order valence-corrected chi connectivity index (χ3v) is 2.94. The summed E-state index contributed by atoms with van der Waals surface area (Å²) in [5, 5.41) is 0.696. The van der Waals surface area contributed by atoms with Crippen LogP contribution >= 0.6 is 27.5 Å². The molecule has 1 aromatic carbocycles. The number of hydrogen-bond acceptors (Lipinski definition) is 2. The highest BCUT2D eigenvalue weighted by atomic mass is 79.9. The average molecular weight is 308 g/mol. The fourth-order valence-corrected chi connectivity index (χ4v) is 2.31. The summed E-state index contributed by atoms with van der Waals surface area (Å²) in [6.45, 7) is 6.57. The molecule has 0 heterocycles. The van der Waals surface area contributed by atoms with Gasteiger partial charge >= 0.3 is 0 Å². The lowest BCUT2D eigenvalue weighted by Crippen LogP contribution is -2.14. The van der Waals surface area contributed by atoms with E-state index in [-0.39, 0.29) is 12.2 Å². The first-order chi connectivity index (χ1) is 7.36. The first-order valence-corrected chi connectivity index (χ1v) is 6.14. The topological polar surface area (TPSA) is 18.5 Å². The zero-order valence-corrected chi connectivity index (χ0v) is 12.3. The molecule has 0 bridgehead atoms. The minimum Gasteiger partial charge on any atom is -0.466 e. The van der Waals surface area contributed by atoms with Gasteiger partial charge in [-0.05, 0) is 33.5 Å². The molecule has 2 nitrogen and oxygen atoms in total. The Kier molecular flexibility index (Phi) is 4.65. The van der Waals surface area contributed by atoms with Gasteiger partial charge in [0.05, 0.1) is 4.47 Å². The maximum atomic E-state index is 6.05. The van der Waals surface area contributed by atoms with E-state index in [1.54, 1.807) is 7.11 Å². The van der Waals surface area contributed by atoms with Crippen molar-refractivity contribution < 1.29 is 9.47 Å². The Balaban J connectivity index is 3.21. The molecule has 0 saturated heterocycles. The quantitative estimate of drug-likeness (QED) is 0.771. The summed E-state index contributed by atoms with van der Waals surface area (Å²) >= 11 is 9.50. The maximum absolute atomic E-state index is 6.05. The summed E-state index contributed by atoms with van der Waals surface area (Å²) in [5.41, 5.74) is 1.03. The number of benzene rings is 1. The van der Waals surface area contributed by atoms with Crippen molar-refractivity contribution >= 4 is 27.5 Å². The van der Waals surface area contributed by atoms with E-state index < -0.39 is 0 Å². The standard InChI is InChI=1S/C12H16BrClO2/c1-12(2,3)9-5-8(14)6-10(13)11(9)16-7-15-4/h5-6H,7H2,1-4H3. The van der Waals surface area contributed by atoms with Crippen LogP contribution in [0.3, 0.4) is 0 Å². The first-order valence-electron chi connectivity index (χ1n) is 4.97. The van der Waals surface area contributed by atoms with Crippen LogP contribution < -0.4 is 4.74 Å². The molecule has 1 rings (SSSR count). The molecule has 0 N–H and O–H groups in total. The monoisotopic (exact) mass is 306 g/mol. The molecule has 0 spiro atoms. The van der Waals surface area contributed by atoms with Gasteiger partial charge in [0.15, 0.2) is 6.79 Å². The molecule has 0 aliphatic carbocycles. The molecule has 0 amide bonds. The normalized spacial score (nSPS) is 11.6. The van der Waals surface area contributed by atoms with Gasteiger partial charge in [-0.15, -0.1) is 0 Å². The van der Waals surface area contributed by atoms with E-state index in [2.05, 4.69) is 36.7 Å². The molecule has 0 aliphatic heterocycles. The Hall–Kier alpha value is -0.250. The highest BCUT2D eigenvalue weighted by molar-refractivity contribution is 9.10. The second kappa shape index (κ2) is 5.39. The van der Waals surface area contributed by atoms with Crippen molar-refractivity contribution in [3.05, 3.63) is 27.2 Å². The molecule has 16 heavy (non-hydrogen) atoms. The fourth-order valence-electron chi connectivity index (χ4n) is 1.38. The van der Waals surface area contributed by atoms with Crippen LogP contribution in [0.25, 0.3) is 0 Å². The molecule has 0 atom stereocenters. The van der Waals surface area contributed by atoms with Gasteiger partial charge < -0.3 is 9.47 Å². The van der Waals surface area contributed by atoms with E-state index in [0.29, 0.717) is 5.02 Å². The van der Waals surface area contributed by atoms with Gasteiger partial charge in [0.1, 0.15) is 5.75 Å². The molecule has 0 fully saturated rings. The molecule has 0 saturated carbocycles. The number of hydrogen-bond donors (Lipinski definition) is 0. The first kappa shape index (κ1) is 13.8. The Morgan fingerprint density at radius 1 is 1.31 bits per heavy atom. The Morgan fingerprint density at radius 3 is 2.44 bits per heavy atom. The summed E-state index contributed by atoms with van der Waals surface area (Å²) in [5.74, 6) is 0.791. The molecule has 90 valence electrons. The van der Waals surface area contributed by atoms with Crippen molar-refractivity contribution in [2.75, 3.05) is 13.9 Å². The van der Waals surface area contributed by atoms with Gasteiger partial charge in [-0.25, -0.2) is 0 Å². The largest absolute Gasteiger partial charge is 0.466 e. The molecule has 0 radical (unpaired) electrons. The van der Waals surface area contributed by atoms with Gasteiger partial charge in [-0.3, -0.25) is 0 Å². The summed E-state index contributed by atoms with van der Waals surface area (Å²) in [7, 11) is 1.60. The minimum atomic E-state index is -0.0313. The van der Waals surface area contributed by atoms with E-state index in [4.69, 9.17) is 21.1 Å². The van der Waals surface area contributed by atoms with Crippen LogP contribution in [0, 0.1) is 0 Å². The Labute approximate surface area is 110 Å². The van der Waals surface area contributed by atoms with Gasteiger partial charge in [-0.1, -0.05) is 32.4 Å². The number of rotatable bonds is 3. The predicted molar refractivity (Wildman–Crippen MR) is 70.4 cm³/mol. The van der Waals surface area contributed by atoms with E-state index in [1.165, 1.54) is 0 Å². The van der Waals surface area contributed by atoms with Crippen molar-refractivity contribution in [1.29, 1.82) is 0 Å². The van der Waals surface area contributed by atoms with Crippen LogP contribution in [0.1, 0.15) is 26.3 Å². The molecular formula is C12H16BrClO2. The van der Waals surface area contributed by atoms with E-state index >= 15 is 0 Å². The number of methoxy groups -OCH3 is 1. The molecule has 4 heteroatoms. The summed E-state index contributed by atoms with van der Waals surface area (Å²) in [6, 6.07) is 3.75. The summed E-state index contributed by atoms with van der Waals surface area (Å²) < 4.78 is 11.3. The highest BCUT2D eigenvalue weighted by Crippen LogP contribution is 2.39.